The maximum atomic E-state index is 5.25. The molecule has 1 heterocycles. The largest absolute Gasteiger partial charge is 0.355 e. The Morgan fingerprint density at radius 1 is 1.18 bits per heavy atom. The summed E-state index contributed by atoms with van der Waals surface area (Å²) in [6.45, 7) is 2.30. The summed E-state index contributed by atoms with van der Waals surface area (Å²) in [7, 11) is 4.02. The summed E-state index contributed by atoms with van der Waals surface area (Å²) < 4.78 is 0. The van der Waals surface area contributed by atoms with Crippen LogP contribution in [0.25, 0.3) is 0 Å². The second kappa shape index (κ2) is 3.90. The molecule has 1 fully saturated rings. The molecule has 1 aliphatic heterocycles. The van der Waals surface area contributed by atoms with Crippen molar-refractivity contribution in [1.29, 1.82) is 0 Å². The van der Waals surface area contributed by atoms with Crippen LogP contribution < -0.4 is 0 Å². The fourth-order valence-electron chi connectivity index (χ4n) is 1.37. The Kier molecular flexibility index (Phi) is 3.12. The molecule has 0 aromatic heterocycles. The van der Waals surface area contributed by atoms with Gasteiger partial charge in [0.25, 0.3) is 0 Å². The summed E-state index contributed by atoms with van der Waals surface area (Å²) in [6.07, 6.45) is 3.97. The predicted octanol–water partition coefficient (Wildman–Crippen LogP) is 1.32. The van der Waals surface area contributed by atoms with Gasteiger partial charge in [0.2, 0.25) is 0 Å². The van der Waals surface area contributed by atoms with E-state index in [9.17, 15) is 0 Å². The predicted molar refractivity (Wildman–Crippen MR) is 51.7 cm³/mol. The molecule has 64 valence electrons. The molecule has 3 heteroatoms. The van der Waals surface area contributed by atoms with E-state index in [0.29, 0.717) is 0 Å². The standard InChI is InChI=1S/C8H16N2S/c1-9(2)8(11)10-6-4-3-5-7-10/h3-7H2,1-2H3. The van der Waals surface area contributed by atoms with E-state index >= 15 is 0 Å². The van der Waals surface area contributed by atoms with Crippen LogP contribution in [0.15, 0.2) is 0 Å². The maximum absolute atomic E-state index is 5.25. The Bertz CT molecular complexity index is 139. The van der Waals surface area contributed by atoms with Crippen molar-refractivity contribution in [1.82, 2.24) is 9.80 Å². The second-order valence-electron chi connectivity index (χ2n) is 3.22. The normalized spacial score (nSPS) is 18.2. The van der Waals surface area contributed by atoms with Gasteiger partial charge in [0.1, 0.15) is 0 Å². The lowest BCUT2D eigenvalue weighted by Crippen LogP contribution is -2.41. The number of rotatable bonds is 0. The Morgan fingerprint density at radius 2 is 1.73 bits per heavy atom. The number of nitrogens with zero attached hydrogens (tertiary/aromatic N) is 2. The molecule has 0 atom stereocenters. The summed E-state index contributed by atoms with van der Waals surface area (Å²) in [5, 5.41) is 0.990. The molecule has 1 aliphatic rings. The van der Waals surface area contributed by atoms with Crippen molar-refractivity contribution in [3.05, 3.63) is 0 Å². The van der Waals surface area contributed by atoms with E-state index in [2.05, 4.69) is 4.90 Å². The minimum Gasteiger partial charge on any atom is -0.355 e. The van der Waals surface area contributed by atoms with Crippen molar-refractivity contribution in [2.24, 2.45) is 0 Å². The van der Waals surface area contributed by atoms with Gasteiger partial charge in [0, 0.05) is 27.2 Å². The van der Waals surface area contributed by atoms with Crippen LogP contribution in [0.4, 0.5) is 0 Å². The van der Waals surface area contributed by atoms with Crippen molar-refractivity contribution in [2.75, 3.05) is 27.2 Å². The average Bonchev–Trinajstić information content (AvgIpc) is 2.05. The number of piperidine rings is 1. The fraction of sp³-hybridized carbons (Fsp3) is 0.875. The first-order valence-corrected chi connectivity index (χ1v) is 4.59. The van der Waals surface area contributed by atoms with Gasteiger partial charge in [0.05, 0.1) is 0 Å². The van der Waals surface area contributed by atoms with Crippen LogP contribution in [0.1, 0.15) is 19.3 Å². The first-order chi connectivity index (χ1) is 5.22. The topological polar surface area (TPSA) is 6.48 Å². The van der Waals surface area contributed by atoms with Crippen LogP contribution in [0.2, 0.25) is 0 Å². The minimum absolute atomic E-state index is 0.990. The lowest BCUT2D eigenvalue weighted by Gasteiger charge is -2.32. The van der Waals surface area contributed by atoms with E-state index in [4.69, 9.17) is 12.2 Å². The summed E-state index contributed by atoms with van der Waals surface area (Å²) in [6, 6.07) is 0. The van der Waals surface area contributed by atoms with Crippen LogP contribution >= 0.6 is 12.2 Å². The minimum atomic E-state index is 0.990. The van der Waals surface area contributed by atoms with Gasteiger partial charge in [-0.15, -0.1) is 0 Å². The molecule has 0 bridgehead atoms. The molecule has 0 aromatic rings. The molecule has 2 nitrogen and oxygen atoms in total. The monoisotopic (exact) mass is 172 g/mol. The van der Waals surface area contributed by atoms with Gasteiger partial charge in [-0.05, 0) is 31.5 Å². The van der Waals surface area contributed by atoms with E-state index in [1.807, 2.05) is 19.0 Å². The molecule has 0 radical (unpaired) electrons. The van der Waals surface area contributed by atoms with Gasteiger partial charge in [-0.3, -0.25) is 0 Å². The lowest BCUT2D eigenvalue weighted by molar-refractivity contribution is 0.317. The smallest absolute Gasteiger partial charge is 0.171 e. The zero-order valence-corrected chi connectivity index (χ0v) is 8.15. The molecule has 0 spiro atoms. The highest BCUT2D eigenvalue weighted by molar-refractivity contribution is 7.80. The van der Waals surface area contributed by atoms with Gasteiger partial charge in [-0.1, -0.05) is 0 Å². The van der Waals surface area contributed by atoms with E-state index in [-0.39, 0.29) is 0 Å². The van der Waals surface area contributed by atoms with Crippen LogP contribution in [0, 0.1) is 0 Å². The zero-order chi connectivity index (χ0) is 8.27. The highest BCUT2D eigenvalue weighted by Crippen LogP contribution is 2.09. The van der Waals surface area contributed by atoms with Gasteiger partial charge < -0.3 is 9.80 Å². The van der Waals surface area contributed by atoms with Crippen molar-refractivity contribution >= 4 is 17.3 Å². The summed E-state index contributed by atoms with van der Waals surface area (Å²) in [5.74, 6) is 0. The molecule has 0 aliphatic carbocycles. The highest BCUT2D eigenvalue weighted by Gasteiger charge is 2.13. The first-order valence-electron chi connectivity index (χ1n) is 4.18. The van der Waals surface area contributed by atoms with Crippen molar-refractivity contribution in [3.63, 3.8) is 0 Å². The molecule has 11 heavy (non-hydrogen) atoms. The van der Waals surface area contributed by atoms with Crippen molar-refractivity contribution in [3.8, 4) is 0 Å². The maximum Gasteiger partial charge on any atom is 0.171 e. The molecule has 1 saturated heterocycles. The quantitative estimate of drug-likeness (QED) is 0.509. The Morgan fingerprint density at radius 3 is 2.18 bits per heavy atom. The first kappa shape index (κ1) is 8.78. The summed E-state index contributed by atoms with van der Waals surface area (Å²) in [5.41, 5.74) is 0. The van der Waals surface area contributed by atoms with E-state index in [1.54, 1.807) is 0 Å². The number of likely N-dealkylation sites (tertiary alicyclic amines) is 1. The summed E-state index contributed by atoms with van der Waals surface area (Å²) >= 11 is 5.25. The van der Waals surface area contributed by atoms with E-state index < -0.39 is 0 Å². The van der Waals surface area contributed by atoms with Gasteiger partial charge in [-0.25, -0.2) is 0 Å². The Hall–Kier alpha value is -0.310. The molecule has 1 rings (SSSR count). The SMILES string of the molecule is CN(C)C(=S)N1CCCCC1. The molecular formula is C8H16N2S. The Labute approximate surface area is 74.2 Å². The van der Waals surface area contributed by atoms with Crippen molar-refractivity contribution in [2.45, 2.75) is 19.3 Å². The van der Waals surface area contributed by atoms with Crippen LogP contribution in [-0.2, 0) is 0 Å². The second-order valence-corrected chi connectivity index (χ2v) is 3.59. The average molecular weight is 172 g/mol. The molecule has 0 unspecified atom stereocenters. The van der Waals surface area contributed by atoms with E-state index in [1.165, 1.54) is 19.3 Å². The van der Waals surface area contributed by atoms with Gasteiger partial charge in [-0.2, -0.15) is 0 Å². The third-order valence-corrected chi connectivity index (χ3v) is 2.63. The molecule has 0 aromatic carbocycles. The van der Waals surface area contributed by atoms with E-state index in [0.717, 1.165) is 18.2 Å². The fourth-order valence-corrected chi connectivity index (χ4v) is 1.55. The number of hydrogen-bond donors (Lipinski definition) is 0. The zero-order valence-electron chi connectivity index (χ0n) is 7.34. The van der Waals surface area contributed by atoms with Crippen LogP contribution in [0.3, 0.4) is 0 Å². The number of thiocarbonyl (C=S) groups is 1. The third kappa shape index (κ3) is 2.33. The molecule has 0 saturated carbocycles. The van der Waals surface area contributed by atoms with Crippen LogP contribution in [-0.4, -0.2) is 42.1 Å². The summed E-state index contributed by atoms with van der Waals surface area (Å²) in [4.78, 5) is 4.31. The van der Waals surface area contributed by atoms with Crippen LogP contribution in [0.5, 0.6) is 0 Å². The molecular weight excluding hydrogens is 156 g/mol. The molecule has 0 N–H and O–H groups in total. The lowest BCUT2D eigenvalue weighted by atomic mass is 10.1. The molecule has 0 amide bonds. The third-order valence-electron chi connectivity index (χ3n) is 2.01. The van der Waals surface area contributed by atoms with Gasteiger partial charge >= 0.3 is 0 Å². The Balaban J connectivity index is 2.39. The highest BCUT2D eigenvalue weighted by atomic mass is 32.1. The van der Waals surface area contributed by atoms with Gasteiger partial charge in [0.15, 0.2) is 5.11 Å². The van der Waals surface area contributed by atoms with Crippen molar-refractivity contribution < 1.29 is 0 Å². The number of hydrogen-bond acceptors (Lipinski definition) is 1.